The first-order valence-corrected chi connectivity index (χ1v) is 20.2. The van der Waals surface area contributed by atoms with Gasteiger partial charge in [-0.25, -0.2) is 0 Å². The van der Waals surface area contributed by atoms with Gasteiger partial charge in [-0.05, 0) is 126 Å². The Morgan fingerprint density at radius 1 is 0.352 bits per heavy atom. The van der Waals surface area contributed by atoms with Gasteiger partial charge in [0.2, 0.25) is 0 Å². The third kappa shape index (κ3) is 11.8. The van der Waals surface area contributed by atoms with E-state index in [0.717, 1.165) is 22.3 Å². The second-order valence-electron chi connectivity index (χ2n) is 14.7. The minimum Gasteiger partial charge on any atom is -0.426 e. The van der Waals surface area contributed by atoms with E-state index in [1.165, 1.54) is 0 Å². The number of benzene rings is 4. The molecule has 0 amide bonds. The number of carbonyl (C=O) groups excluding carboxylic acids is 4. The normalized spacial score (nSPS) is 12.3. The zero-order valence-electron chi connectivity index (χ0n) is 31.2. The van der Waals surface area contributed by atoms with Crippen LogP contribution in [0.3, 0.4) is 0 Å². The van der Waals surface area contributed by atoms with Gasteiger partial charge in [0, 0.05) is 11.8 Å². The van der Waals surface area contributed by atoms with Crippen molar-refractivity contribution < 1.29 is 38.1 Å². The predicted molar refractivity (Wildman–Crippen MR) is 224 cm³/mol. The van der Waals surface area contributed by atoms with Gasteiger partial charge >= 0.3 is 23.9 Å². The van der Waals surface area contributed by atoms with Crippen molar-refractivity contribution in [3.8, 4) is 23.0 Å². The molecule has 0 bridgehead atoms. The van der Waals surface area contributed by atoms with Crippen molar-refractivity contribution in [2.45, 2.75) is 84.5 Å². The van der Waals surface area contributed by atoms with Crippen LogP contribution >= 0.6 is 63.7 Å². The number of hydrogen-bond acceptors (Lipinski definition) is 8. The molecule has 0 aliphatic rings. The van der Waals surface area contributed by atoms with Gasteiger partial charge < -0.3 is 18.9 Å². The standard InChI is InChI=1S/C42H42Br4O8/c1-39(2,43)35(47)51-29-17-9-25(10-18-29)33(26-11-19-30(20-12-26)52-36(48)40(3,4)44)34(27-13-21-31(22-14-27)53-37(49)41(5,6)45)28-15-23-32(24-16-28)54-38(50)42(7,8)46/h9-24,33-34H,1-8H3. The quantitative estimate of drug-likeness (QED) is 0.0741. The fourth-order valence-corrected chi connectivity index (χ4v) is 5.36. The smallest absolute Gasteiger partial charge is 0.327 e. The Balaban J connectivity index is 1.86. The topological polar surface area (TPSA) is 105 Å². The van der Waals surface area contributed by atoms with Gasteiger partial charge in [-0.1, -0.05) is 112 Å². The van der Waals surface area contributed by atoms with E-state index in [1.807, 2.05) is 48.5 Å². The summed E-state index contributed by atoms with van der Waals surface area (Å²) in [5.41, 5.74) is 3.55. The van der Waals surface area contributed by atoms with E-state index in [-0.39, 0.29) is 11.8 Å². The first kappa shape index (κ1) is 43.4. The lowest BCUT2D eigenvalue weighted by Gasteiger charge is -2.30. The van der Waals surface area contributed by atoms with E-state index in [1.54, 1.807) is 104 Å². The Kier molecular flexibility index (Phi) is 13.8. The van der Waals surface area contributed by atoms with Crippen LogP contribution < -0.4 is 18.9 Å². The van der Waals surface area contributed by atoms with Gasteiger partial charge in [-0.2, -0.15) is 0 Å². The van der Waals surface area contributed by atoms with Crippen LogP contribution in [0.1, 0.15) is 89.5 Å². The van der Waals surface area contributed by atoms with Crippen molar-refractivity contribution in [1.29, 1.82) is 0 Å². The van der Waals surface area contributed by atoms with Gasteiger partial charge in [0.15, 0.2) is 0 Å². The number of hydrogen-bond donors (Lipinski definition) is 0. The second kappa shape index (κ2) is 17.2. The number of halogens is 4. The first-order chi connectivity index (χ1) is 24.9. The molecule has 4 rings (SSSR count). The maximum absolute atomic E-state index is 12.6. The van der Waals surface area contributed by atoms with Crippen molar-refractivity contribution in [3.05, 3.63) is 119 Å². The van der Waals surface area contributed by atoms with E-state index < -0.39 is 41.2 Å². The third-order valence-electron chi connectivity index (χ3n) is 8.07. The van der Waals surface area contributed by atoms with Crippen molar-refractivity contribution in [1.82, 2.24) is 0 Å². The molecule has 286 valence electrons. The van der Waals surface area contributed by atoms with E-state index in [2.05, 4.69) is 63.7 Å². The second-order valence-corrected chi connectivity index (χ2v) is 22.6. The molecule has 0 saturated heterocycles. The molecule has 12 heteroatoms. The minimum atomic E-state index is -0.871. The number of ether oxygens (including phenoxy) is 4. The molecule has 0 radical (unpaired) electrons. The highest BCUT2D eigenvalue weighted by molar-refractivity contribution is 9.10. The molecule has 8 nitrogen and oxygen atoms in total. The van der Waals surface area contributed by atoms with Crippen LogP contribution in [0.25, 0.3) is 0 Å². The lowest BCUT2D eigenvalue weighted by molar-refractivity contribution is -0.136. The molecule has 0 aliphatic carbocycles. The molecule has 0 saturated carbocycles. The molecule has 0 heterocycles. The highest BCUT2D eigenvalue weighted by Gasteiger charge is 2.32. The summed E-state index contributed by atoms with van der Waals surface area (Å²) in [4.78, 5) is 50.6. The minimum absolute atomic E-state index is 0.357. The molecule has 4 aromatic carbocycles. The number of alkyl halides is 4. The van der Waals surface area contributed by atoms with E-state index in [4.69, 9.17) is 18.9 Å². The summed E-state index contributed by atoms with van der Waals surface area (Å²) in [6.45, 7) is 13.7. The molecule has 0 aliphatic heterocycles. The van der Waals surface area contributed by atoms with Crippen molar-refractivity contribution in [2.24, 2.45) is 0 Å². The van der Waals surface area contributed by atoms with Crippen LogP contribution in [0.4, 0.5) is 0 Å². The van der Waals surface area contributed by atoms with Crippen LogP contribution in [0.2, 0.25) is 0 Å². The highest BCUT2D eigenvalue weighted by Crippen LogP contribution is 2.45. The fourth-order valence-electron chi connectivity index (χ4n) is 5.04. The monoisotopic (exact) mass is 990 g/mol. The summed E-state index contributed by atoms with van der Waals surface area (Å²) in [6, 6.07) is 29.3. The van der Waals surface area contributed by atoms with Crippen LogP contribution in [-0.2, 0) is 19.2 Å². The molecule has 0 spiro atoms. The number of carbonyl (C=O) groups is 4. The summed E-state index contributed by atoms with van der Waals surface area (Å²) in [6.07, 6.45) is 0. The van der Waals surface area contributed by atoms with Crippen molar-refractivity contribution in [3.63, 3.8) is 0 Å². The SMILES string of the molecule is CC(C)(Br)C(=O)Oc1ccc(C(c2ccc(OC(=O)C(C)(C)Br)cc2)C(c2ccc(OC(=O)C(C)(C)Br)cc2)c2ccc(OC(=O)C(C)(C)Br)cc2)cc1. The van der Waals surface area contributed by atoms with E-state index >= 15 is 0 Å². The van der Waals surface area contributed by atoms with Crippen LogP contribution in [0.5, 0.6) is 23.0 Å². The lowest BCUT2D eigenvalue weighted by atomic mass is 9.73. The molecule has 0 atom stereocenters. The Hall–Kier alpha value is -3.32. The molecular formula is C42H42Br4O8. The Morgan fingerprint density at radius 3 is 0.630 bits per heavy atom. The molecule has 0 N–H and O–H groups in total. The summed E-state index contributed by atoms with van der Waals surface area (Å²) >= 11 is 13.4. The van der Waals surface area contributed by atoms with Gasteiger partial charge in [0.05, 0.1) is 0 Å². The maximum atomic E-state index is 12.6. The van der Waals surface area contributed by atoms with Crippen LogP contribution in [-0.4, -0.2) is 41.2 Å². The van der Waals surface area contributed by atoms with Gasteiger partial charge in [0.25, 0.3) is 0 Å². The molecule has 0 fully saturated rings. The van der Waals surface area contributed by atoms with Gasteiger partial charge in [0.1, 0.15) is 40.3 Å². The predicted octanol–water partition coefficient (Wildman–Crippen LogP) is 11.0. The average molecular weight is 994 g/mol. The maximum Gasteiger partial charge on any atom is 0.327 e. The van der Waals surface area contributed by atoms with Crippen molar-refractivity contribution >= 4 is 87.6 Å². The molecule has 4 aromatic rings. The molecule has 0 unspecified atom stereocenters. The number of esters is 4. The first-order valence-electron chi connectivity index (χ1n) is 17.0. The van der Waals surface area contributed by atoms with Crippen molar-refractivity contribution in [2.75, 3.05) is 0 Å². The zero-order valence-corrected chi connectivity index (χ0v) is 37.5. The summed E-state index contributed by atoms with van der Waals surface area (Å²) in [7, 11) is 0. The Bertz CT molecular complexity index is 1660. The summed E-state index contributed by atoms with van der Waals surface area (Å²) in [5, 5.41) is 0. The number of rotatable bonds is 13. The zero-order chi connectivity index (χ0) is 40.2. The molecule has 54 heavy (non-hydrogen) atoms. The van der Waals surface area contributed by atoms with E-state index in [0.29, 0.717) is 23.0 Å². The Morgan fingerprint density at radius 2 is 0.500 bits per heavy atom. The average Bonchev–Trinajstić information content (AvgIpc) is 3.07. The van der Waals surface area contributed by atoms with Gasteiger partial charge in [-0.3, -0.25) is 19.2 Å². The van der Waals surface area contributed by atoms with Crippen LogP contribution in [0, 0.1) is 0 Å². The van der Waals surface area contributed by atoms with Gasteiger partial charge in [-0.15, -0.1) is 0 Å². The lowest BCUT2D eigenvalue weighted by Crippen LogP contribution is -2.29. The molecule has 0 aromatic heterocycles. The highest BCUT2D eigenvalue weighted by atomic mass is 79.9. The summed E-state index contributed by atoms with van der Waals surface area (Å²) < 4.78 is 19.1. The fraction of sp³-hybridized carbons (Fsp3) is 0.333. The van der Waals surface area contributed by atoms with Crippen LogP contribution in [0.15, 0.2) is 97.1 Å². The summed E-state index contributed by atoms with van der Waals surface area (Å²) in [5.74, 6) is -0.926. The molecular weight excluding hydrogens is 952 g/mol. The Labute approximate surface area is 350 Å². The third-order valence-corrected chi connectivity index (χ3v) is 9.37. The largest absolute Gasteiger partial charge is 0.426 e. The van der Waals surface area contributed by atoms with E-state index in [9.17, 15) is 19.2 Å².